The van der Waals surface area contributed by atoms with Crippen LogP contribution in [0.1, 0.15) is 6.42 Å². The maximum Gasteiger partial charge on any atom is 0.390 e. The predicted molar refractivity (Wildman–Crippen MR) is 76.6 cm³/mol. The van der Waals surface area contributed by atoms with Crippen molar-refractivity contribution >= 4 is 26.6 Å². The zero-order chi connectivity index (χ0) is 16.5. The van der Waals surface area contributed by atoms with Crippen LogP contribution in [0, 0.1) is 0 Å². The van der Waals surface area contributed by atoms with Gasteiger partial charge >= 0.3 is 6.18 Å². The van der Waals surface area contributed by atoms with Gasteiger partial charge in [0.1, 0.15) is 12.1 Å². The summed E-state index contributed by atoms with van der Waals surface area (Å²) in [6.07, 6.45) is -2.96. The number of halogens is 3. The lowest BCUT2D eigenvalue weighted by Crippen LogP contribution is -2.25. The minimum Gasteiger partial charge on any atom is -0.359 e. The van der Waals surface area contributed by atoms with Crippen molar-refractivity contribution in [1.29, 1.82) is 0 Å². The molecular weight excluding hydrogens is 319 g/mol. The molecule has 1 heterocycles. The molecule has 0 aliphatic heterocycles. The molecule has 0 aliphatic rings. The molecule has 120 valence electrons. The molecule has 0 spiro atoms. The second-order valence-corrected chi connectivity index (χ2v) is 6.95. The van der Waals surface area contributed by atoms with Gasteiger partial charge in [-0.2, -0.15) is 13.2 Å². The molecule has 2 aromatic rings. The zero-order valence-corrected chi connectivity index (χ0v) is 12.7. The van der Waals surface area contributed by atoms with Gasteiger partial charge in [-0.1, -0.05) is 0 Å². The van der Waals surface area contributed by atoms with Gasteiger partial charge in [-0.05, 0) is 18.2 Å². The summed E-state index contributed by atoms with van der Waals surface area (Å²) in [4.78, 5) is 9.39. The fourth-order valence-electron chi connectivity index (χ4n) is 1.96. The second kappa shape index (κ2) is 5.71. The van der Waals surface area contributed by atoms with Crippen molar-refractivity contribution in [2.75, 3.05) is 24.7 Å². The summed E-state index contributed by atoms with van der Waals surface area (Å²) in [5.41, 5.74) is 0.469. The SMILES string of the molecule is CN(CCC(F)(F)F)c1ncnc2ccc(S(C)(=O)=O)cc12. The molecule has 9 heteroatoms. The molecule has 0 atom stereocenters. The first-order valence-electron chi connectivity index (χ1n) is 6.30. The minimum atomic E-state index is -4.27. The van der Waals surface area contributed by atoms with Crippen LogP contribution in [0.4, 0.5) is 19.0 Å². The van der Waals surface area contributed by atoms with Crippen molar-refractivity contribution in [1.82, 2.24) is 9.97 Å². The third-order valence-corrected chi connectivity index (χ3v) is 4.22. The van der Waals surface area contributed by atoms with Gasteiger partial charge in [0.2, 0.25) is 0 Å². The Morgan fingerprint density at radius 1 is 1.23 bits per heavy atom. The first-order valence-corrected chi connectivity index (χ1v) is 8.20. The molecule has 0 aliphatic carbocycles. The first-order chi connectivity index (χ1) is 10.1. The molecule has 0 N–H and O–H groups in total. The average molecular weight is 333 g/mol. The van der Waals surface area contributed by atoms with Crippen molar-refractivity contribution in [3.05, 3.63) is 24.5 Å². The highest BCUT2D eigenvalue weighted by Crippen LogP contribution is 2.27. The van der Waals surface area contributed by atoms with Crippen molar-refractivity contribution < 1.29 is 21.6 Å². The van der Waals surface area contributed by atoms with Crippen LogP contribution in [0.3, 0.4) is 0 Å². The topological polar surface area (TPSA) is 63.2 Å². The average Bonchev–Trinajstić information content (AvgIpc) is 2.41. The molecule has 0 radical (unpaired) electrons. The molecule has 22 heavy (non-hydrogen) atoms. The maximum atomic E-state index is 12.3. The summed E-state index contributed by atoms with van der Waals surface area (Å²) < 4.78 is 60.2. The van der Waals surface area contributed by atoms with Crippen molar-refractivity contribution in [2.24, 2.45) is 0 Å². The highest BCUT2D eigenvalue weighted by atomic mass is 32.2. The van der Waals surface area contributed by atoms with E-state index in [4.69, 9.17) is 0 Å². The smallest absolute Gasteiger partial charge is 0.359 e. The molecule has 0 bridgehead atoms. The fourth-order valence-corrected chi connectivity index (χ4v) is 2.60. The van der Waals surface area contributed by atoms with E-state index in [-0.39, 0.29) is 17.3 Å². The number of aromatic nitrogens is 2. The quantitative estimate of drug-likeness (QED) is 0.860. The number of alkyl halides is 3. The zero-order valence-electron chi connectivity index (χ0n) is 11.9. The number of rotatable bonds is 4. The summed E-state index contributed by atoms with van der Waals surface area (Å²) in [6.45, 7) is -0.279. The largest absolute Gasteiger partial charge is 0.390 e. The maximum absolute atomic E-state index is 12.3. The van der Waals surface area contributed by atoms with E-state index in [9.17, 15) is 21.6 Å². The summed E-state index contributed by atoms with van der Waals surface area (Å²) in [5, 5.41) is 0.398. The van der Waals surface area contributed by atoms with Crippen LogP contribution in [0.5, 0.6) is 0 Å². The third-order valence-electron chi connectivity index (χ3n) is 3.11. The van der Waals surface area contributed by atoms with E-state index >= 15 is 0 Å². The molecule has 0 amide bonds. The monoisotopic (exact) mass is 333 g/mol. The highest BCUT2D eigenvalue weighted by molar-refractivity contribution is 7.90. The van der Waals surface area contributed by atoms with Gasteiger partial charge in [0, 0.05) is 25.2 Å². The molecule has 0 saturated carbocycles. The van der Waals surface area contributed by atoms with Gasteiger partial charge < -0.3 is 4.90 Å². The number of anilines is 1. The number of benzene rings is 1. The normalized spacial score (nSPS) is 12.6. The first kappa shape index (κ1) is 16.5. The van der Waals surface area contributed by atoms with E-state index in [1.54, 1.807) is 0 Å². The van der Waals surface area contributed by atoms with Gasteiger partial charge in [-0.3, -0.25) is 0 Å². The van der Waals surface area contributed by atoms with Crippen LogP contribution in [-0.4, -0.2) is 44.4 Å². The number of hydrogen-bond donors (Lipinski definition) is 0. The highest BCUT2D eigenvalue weighted by Gasteiger charge is 2.27. The minimum absolute atomic E-state index is 0.0697. The molecule has 1 aromatic carbocycles. The number of fused-ring (bicyclic) bond motifs is 1. The van der Waals surface area contributed by atoms with E-state index in [2.05, 4.69) is 9.97 Å². The third kappa shape index (κ3) is 3.85. The lowest BCUT2D eigenvalue weighted by molar-refractivity contribution is -0.132. The Balaban J connectivity index is 2.45. The molecule has 2 rings (SSSR count). The summed E-state index contributed by atoms with van der Waals surface area (Å²) in [5.74, 6) is 0.264. The molecular formula is C13H14F3N3O2S. The van der Waals surface area contributed by atoms with E-state index in [1.165, 1.54) is 36.5 Å². The standard InChI is InChI=1S/C13H14F3N3O2S/c1-19(6-5-13(14,15)16)12-10-7-9(22(2,20)21)3-4-11(10)17-8-18-12/h3-4,7-8H,5-6H2,1-2H3. The lowest BCUT2D eigenvalue weighted by Gasteiger charge is -2.20. The van der Waals surface area contributed by atoms with Crippen LogP contribution < -0.4 is 4.90 Å². The van der Waals surface area contributed by atoms with Gasteiger partial charge in [0.05, 0.1) is 16.8 Å². The molecule has 0 fully saturated rings. The van der Waals surface area contributed by atoms with Crippen molar-refractivity contribution in [3.63, 3.8) is 0 Å². The Hall–Kier alpha value is -1.90. The van der Waals surface area contributed by atoms with Crippen molar-refractivity contribution in [3.8, 4) is 0 Å². The number of nitrogens with zero attached hydrogens (tertiary/aromatic N) is 3. The fraction of sp³-hybridized carbons (Fsp3) is 0.385. The molecule has 0 unspecified atom stereocenters. The van der Waals surface area contributed by atoms with Gasteiger partial charge in [0.25, 0.3) is 0 Å². The Morgan fingerprint density at radius 3 is 2.50 bits per heavy atom. The Bertz CT molecular complexity index is 791. The van der Waals surface area contributed by atoms with Gasteiger partial charge in [0.15, 0.2) is 9.84 Å². The van der Waals surface area contributed by atoms with Crippen molar-refractivity contribution in [2.45, 2.75) is 17.5 Å². The van der Waals surface area contributed by atoms with Crippen LogP contribution in [0.25, 0.3) is 10.9 Å². The van der Waals surface area contributed by atoms with Crippen LogP contribution >= 0.6 is 0 Å². The second-order valence-electron chi connectivity index (χ2n) is 4.94. The molecule has 1 aromatic heterocycles. The predicted octanol–water partition coefficient (Wildman–Crippen LogP) is 2.42. The van der Waals surface area contributed by atoms with E-state index in [1.807, 2.05) is 0 Å². The summed E-state index contributed by atoms with van der Waals surface area (Å²) in [6, 6.07) is 4.29. The van der Waals surface area contributed by atoms with Crippen LogP contribution in [-0.2, 0) is 9.84 Å². The lowest BCUT2D eigenvalue weighted by atomic mass is 10.2. The molecule has 5 nitrogen and oxygen atoms in total. The Kier molecular flexibility index (Phi) is 4.28. The summed E-state index contributed by atoms with van der Waals surface area (Å²) >= 11 is 0. The molecule has 0 saturated heterocycles. The van der Waals surface area contributed by atoms with E-state index < -0.39 is 22.4 Å². The van der Waals surface area contributed by atoms with Gasteiger partial charge in [-0.15, -0.1) is 0 Å². The Labute approximate surface area is 125 Å². The Morgan fingerprint density at radius 2 is 1.91 bits per heavy atom. The van der Waals surface area contributed by atoms with E-state index in [0.29, 0.717) is 10.9 Å². The van der Waals surface area contributed by atoms with Crippen LogP contribution in [0.15, 0.2) is 29.4 Å². The summed E-state index contributed by atoms with van der Waals surface area (Å²) in [7, 11) is -1.95. The van der Waals surface area contributed by atoms with Gasteiger partial charge in [-0.25, -0.2) is 18.4 Å². The number of hydrogen-bond acceptors (Lipinski definition) is 5. The van der Waals surface area contributed by atoms with E-state index in [0.717, 1.165) is 6.26 Å². The van der Waals surface area contributed by atoms with Crippen LogP contribution in [0.2, 0.25) is 0 Å². The number of sulfone groups is 1.